The van der Waals surface area contributed by atoms with Gasteiger partial charge in [0.2, 0.25) is 23.6 Å². The lowest BCUT2D eigenvalue weighted by Gasteiger charge is -2.29. The van der Waals surface area contributed by atoms with Crippen molar-refractivity contribution < 1.29 is 28.9 Å². The zero-order valence-corrected chi connectivity index (χ0v) is 25.2. The molecular weight excluding hydrogens is 568 g/mol. The summed E-state index contributed by atoms with van der Waals surface area (Å²) in [6.07, 6.45) is 1.65. The molecular formula is C31H40N6O7. The second-order valence-electron chi connectivity index (χ2n) is 11.0. The third-order valence-electron chi connectivity index (χ3n) is 7.34. The maximum atomic E-state index is 13.5. The van der Waals surface area contributed by atoms with Gasteiger partial charge >= 0.3 is 0 Å². The standard InChI is InChI=1S/C31H40N6O7/c1-20(38)11-16-28(39)33-21(2)29(40)34-22(3)31(42)36-17-7-10-27(36)30(41)35-25(18-23-8-5-4-6-9-23)19-32-24-12-14-26(15-13-24)37(43)44/h4-6,8-9,12-15,21-22,25,27,32H,7,10-11,16-19H2,1-3H3,(H,33,39)(H,34,40)(H,35,41). The molecule has 4 unspecified atom stereocenters. The summed E-state index contributed by atoms with van der Waals surface area (Å²) < 4.78 is 0. The number of carbonyl (C=O) groups excluding carboxylic acids is 5. The van der Waals surface area contributed by atoms with Gasteiger partial charge in [0.05, 0.1) is 11.0 Å². The minimum absolute atomic E-state index is 0.0232. The van der Waals surface area contributed by atoms with Gasteiger partial charge in [-0.3, -0.25) is 29.3 Å². The number of carbonyl (C=O) groups is 5. The molecule has 4 N–H and O–H groups in total. The van der Waals surface area contributed by atoms with Crippen LogP contribution in [-0.2, 0) is 30.4 Å². The maximum absolute atomic E-state index is 13.5. The second kappa shape index (κ2) is 16.1. The van der Waals surface area contributed by atoms with Gasteiger partial charge in [-0.05, 0) is 57.7 Å². The normalized spacial score (nSPS) is 16.2. The molecule has 3 rings (SSSR count). The van der Waals surface area contributed by atoms with Crippen LogP contribution in [0.2, 0.25) is 0 Å². The summed E-state index contributed by atoms with van der Waals surface area (Å²) in [5, 5.41) is 22.4. The van der Waals surface area contributed by atoms with E-state index in [9.17, 15) is 34.1 Å². The minimum atomic E-state index is -0.934. The summed E-state index contributed by atoms with van der Waals surface area (Å²) in [6.45, 7) is 5.09. The first kappa shape index (κ1) is 33.7. The number of non-ortho nitro benzene ring substituents is 1. The molecule has 0 saturated carbocycles. The number of hydrogen-bond donors (Lipinski definition) is 4. The van der Waals surface area contributed by atoms with E-state index in [0.717, 1.165) is 5.56 Å². The number of likely N-dealkylation sites (tertiary alicyclic amines) is 1. The fraction of sp³-hybridized carbons (Fsp3) is 0.452. The Morgan fingerprint density at radius 2 is 1.61 bits per heavy atom. The first-order valence-corrected chi connectivity index (χ1v) is 14.7. The molecule has 2 aromatic rings. The Bertz CT molecular complexity index is 1330. The summed E-state index contributed by atoms with van der Waals surface area (Å²) in [5.41, 5.74) is 1.64. The van der Waals surface area contributed by atoms with E-state index in [1.807, 2.05) is 30.3 Å². The van der Waals surface area contributed by atoms with Gasteiger partial charge in [0.25, 0.3) is 5.69 Å². The fourth-order valence-electron chi connectivity index (χ4n) is 4.93. The highest BCUT2D eigenvalue weighted by molar-refractivity contribution is 5.94. The SMILES string of the molecule is CC(=O)CCC(=O)NC(C)C(=O)NC(C)C(=O)N1CCCC1C(=O)NC(CNc1ccc([N+](=O)[O-])cc1)Cc1ccccc1. The van der Waals surface area contributed by atoms with Gasteiger partial charge in [-0.25, -0.2) is 0 Å². The lowest BCUT2D eigenvalue weighted by Crippen LogP contribution is -2.56. The average Bonchev–Trinajstić information content (AvgIpc) is 3.49. The Balaban J connectivity index is 1.61. The van der Waals surface area contributed by atoms with Gasteiger partial charge in [0.1, 0.15) is 23.9 Å². The first-order valence-electron chi connectivity index (χ1n) is 14.7. The minimum Gasteiger partial charge on any atom is -0.383 e. The fourth-order valence-corrected chi connectivity index (χ4v) is 4.93. The molecule has 0 aliphatic carbocycles. The molecule has 44 heavy (non-hydrogen) atoms. The van der Waals surface area contributed by atoms with Crippen LogP contribution in [0.4, 0.5) is 11.4 Å². The maximum Gasteiger partial charge on any atom is 0.269 e. The van der Waals surface area contributed by atoms with E-state index in [0.29, 0.717) is 38.0 Å². The number of rotatable bonds is 15. The van der Waals surface area contributed by atoms with E-state index < -0.39 is 40.8 Å². The Morgan fingerprint density at radius 3 is 2.25 bits per heavy atom. The van der Waals surface area contributed by atoms with Gasteiger partial charge in [-0.1, -0.05) is 30.3 Å². The molecule has 0 aromatic heterocycles. The van der Waals surface area contributed by atoms with E-state index >= 15 is 0 Å². The van der Waals surface area contributed by atoms with Gasteiger partial charge in [-0.2, -0.15) is 0 Å². The Morgan fingerprint density at radius 1 is 0.932 bits per heavy atom. The van der Waals surface area contributed by atoms with E-state index in [4.69, 9.17) is 0 Å². The summed E-state index contributed by atoms with van der Waals surface area (Å²) >= 11 is 0. The van der Waals surface area contributed by atoms with Gasteiger partial charge in [0, 0.05) is 43.8 Å². The van der Waals surface area contributed by atoms with Crippen molar-refractivity contribution in [3.05, 3.63) is 70.3 Å². The van der Waals surface area contributed by atoms with Gasteiger partial charge < -0.3 is 31.0 Å². The first-order chi connectivity index (χ1) is 20.9. The highest BCUT2D eigenvalue weighted by Gasteiger charge is 2.37. The molecule has 13 heteroatoms. The predicted molar refractivity (Wildman–Crippen MR) is 164 cm³/mol. The van der Waals surface area contributed by atoms with E-state index in [1.54, 1.807) is 12.1 Å². The van der Waals surface area contributed by atoms with Crippen LogP contribution in [0.15, 0.2) is 54.6 Å². The number of hydrogen-bond acceptors (Lipinski definition) is 8. The lowest BCUT2D eigenvalue weighted by molar-refractivity contribution is -0.384. The van der Waals surface area contributed by atoms with Crippen LogP contribution in [0.3, 0.4) is 0 Å². The molecule has 13 nitrogen and oxygen atoms in total. The van der Waals surface area contributed by atoms with Crippen LogP contribution in [-0.4, -0.2) is 76.5 Å². The molecule has 2 aromatic carbocycles. The van der Waals surface area contributed by atoms with Crippen molar-refractivity contribution in [2.24, 2.45) is 0 Å². The Labute approximate surface area is 256 Å². The highest BCUT2D eigenvalue weighted by Crippen LogP contribution is 2.20. The van der Waals surface area contributed by atoms with Crippen molar-refractivity contribution in [3.8, 4) is 0 Å². The average molecular weight is 609 g/mol. The van der Waals surface area contributed by atoms with Crippen molar-refractivity contribution in [1.29, 1.82) is 0 Å². The van der Waals surface area contributed by atoms with Crippen molar-refractivity contribution in [2.45, 2.75) is 77.0 Å². The number of nitrogens with one attached hydrogen (secondary N) is 4. The predicted octanol–water partition coefficient (Wildman–Crippen LogP) is 2.10. The number of nitro groups is 1. The summed E-state index contributed by atoms with van der Waals surface area (Å²) in [4.78, 5) is 74.5. The molecule has 4 atom stereocenters. The zero-order chi connectivity index (χ0) is 32.2. The molecule has 1 fully saturated rings. The van der Waals surface area contributed by atoms with Crippen LogP contribution < -0.4 is 21.3 Å². The Kier molecular flexibility index (Phi) is 12.4. The smallest absolute Gasteiger partial charge is 0.269 e. The number of ketones is 1. The van der Waals surface area contributed by atoms with Crippen LogP contribution in [0.5, 0.6) is 0 Å². The Hall–Kier alpha value is -4.81. The van der Waals surface area contributed by atoms with Crippen molar-refractivity contribution >= 4 is 40.8 Å². The summed E-state index contributed by atoms with van der Waals surface area (Å²) in [5.74, 6) is -1.84. The molecule has 0 radical (unpaired) electrons. The van der Waals surface area contributed by atoms with Crippen LogP contribution in [0, 0.1) is 10.1 Å². The molecule has 1 saturated heterocycles. The molecule has 236 valence electrons. The van der Waals surface area contributed by atoms with Gasteiger partial charge in [0.15, 0.2) is 0 Å². The molecule has 1 aliphatic heterocycles. The molecule has 1 aliphatic rings. The molecule has 0 spiro atoms. The summed E-state index contributed by atoms with van der Waals surface area (Å²) in [6, 6.07) is 12.7. The summed E-state index contributed by atoms with van der Waals surface area (Å²) in [7, 11) is 0. The van der Waals surface area contributed by atoms with Gasteiger partial charge in [-0.15, -0.1) is 0 Å². The number of benzene rings is 2. The lowest BCUT2D eigenvalue weighted by atomic mass is 10.0. The van der Waals surface area contributed by atoms with Crippen molar-refractivity contribution in [2.75, 3.05) is 18.4 Å². The molecule has 1 heterocycles. The van der Waals surface area contributed by atoms with Crippen molar-refractivity contribution in [1.82, 2.24) is 20.9 Å². The van der Waals surface area contributed by atoms with Crippen LogP contribution >= 0.6 is 0 Å². The number of nitrogens with zero attached hydrogens (tertiary/aromatic N) is 2. The number of anilines is 1. The van der Waals surface area contributed by atoms with E-state index in [1.165, 1.54) is 37.8 Å². The monoisotopic (exact) mass is 608 g/mol. The number of Topliss-reactive ketones (excluding diaryl/α,β-unsaturated/α-hetero) is 1. The van der Waals surface area contributed by atoms with E-state index in [2.05, 4.69) is 21.3 Å². The van der Waals surface area contributed by atoms with Crippen LogP contribution in [0.25, 0.3) is 0 Å². The molecule has 0 bridgehead atoms. The second-order valence-corrected chi connectivity index (χ2v) is 11.0. The van der Waals surface area contributed by atoms with E-state index in [-0.39, 0.29) is 36.3 Å². The quantitative estimate of drug-likeness (QED) is 0.175. The topological polar surface area (TPSA) is 180 Å². The van der Waals surface area contributed by atoms with Crippen molar-refractivity contribution in [3.63, 3.8) is 0 Å². The number of amides is 4. The van der Waals surface area contributed by atoms with Crippen LogP contribution in [0.1, 0.15) is 52.0 Å². The molecule has 4 amide bonds. The third kappa shape index (κ3) is 10.2. The highest BCUT2D eigenvalue weighted by atomic mass is 16.6. The largest absolute Gasteiger partial charge is 0.383 e. The zero-order valence-electron chi connectivity index (χ0n) is 25.2. The number of nitro benzene ring substituents is 1. The third-order valence-corrected chi connectivity index (χ3v) is 7.34.